The summed E-state index contributed by atoms with van der Waals surface area (Å²) in [6, 6.07) is 5.80. The first-order valence-corrected chi connectivity index (χ1v) is 8.51. The molecule has 1 aromatic carbocycles. The van der Waals surface area contributed by atoms with Crippen LogP contribution in [-0.2, 0) is 29.9 Å². The molecular weight excluding hydrogens is 286 g/mol. The van der Waals surface area contributed by atoms with E-state index in [9.17, 15) is 8.42 Å². The highest BCUT2D eigenvalue weighted by atomic mass is 32.2. The molecule has 0 aliphatic heterocycles. The number of fused-ring (bicyclic) bond motifs is 1. The Kier molecular flexibility index (Phi) is 3.28. The lowest BCUT2D eigenvalue weighted by atomic mass is 10.1. The molecule has 5 nitrogen and oxygen atoms in total. The zero-order chi connectivity index (χ0) is 15.2. The molecule has 0 bridgehead atoms. The summed E-state index contributed by atoms with van der Waals surface area (Å²) in [7, 11) is -1.86. The number of nitrogens with one attached hydrogen (secondary N) is 1. The molecule has 0 amide bonds. The van der Waals surface area contributed by atoms with Crippen LogP contribution in [0.25, 0.3) is 0 Å². The fourth-order valence-corrected chi connectivity index (χ4v) is 4.47. The van der Waals surface area contributed by atoms with Crippen molar-refractivity contribution in [2.24, 2.45) is 7.05 Å². The number of anilines is 1. The Balaban J connectivity index is 1.96. The molecule has 3 rings (SSSR count). The van der Waals surface area contributed by atoms with Crippen molar-refractivity contribution in [3.8, 4) is 0 Å². The van der Waals surface area contributed by atoms with Crippen LogP contribution in [0.4, 0.5) is 5.69 Å². The quantitative estimate of drug-likeness (QED) is 0.946. The van der Waals surface area contributed by atoms with Crippen LogP contribution in [0.3, 0.4) is 0 Å². The van der Waals surface area contributed by atoms with E-state index in [2.05, 4.69) is 9.82 Å². The van der Waals surface area contributed by atoms with E-state index in [1.807, 2.05) is 18.2 Å². The summed E-state index contributed by atoms with van der Waals surface area (Å²) in [5.74, 6) is 0. The van der Waals surface area contributed by atoms with Crippen LogP contribution in [0.5, 0.6) is 0 Å². The van der Waals surface area contributed by atoms with Crippen LogP contribution in [0.1, 0.15) is 28.9 Å². The second-order valence-electron chi connectivity index (χ2n) is 5.57. The zero-order valence-electron chi connectivity index (χ0n) is 12.5. The molecule has 0 saturated carbocycles. The molecular formula is C15H19N3O2S. The molecule has 0 atom stereocenters. The van der Waals surface area contributed by atoms with E-state index in [0.717, 1.165) is 19.3 Å². The fourth-order valence-electron chi connectivity index (χ4n) is 2.98. The fraction of sp³-hybridized carbons (Fsp3) is 0.400. The summed E-state index contributed by atoms with van der Waals surface area (Å²) < 4.78 is 29.5. The highest BCUT2D eigenvalue weighted by Crippen LogP contribution is 2.27. The molecule has 2 aromatic rings. The van der Waals surface area contributed by atoms with Crippen LogP contribution in [0.15, 0.2) is 23.1 Å². The van der Waals surface area contributed by atoms with Gasteiger partial charge in [-0.1, -0.05) is 6.07 Å². The van der Waals surface area contributed by atoms with Gasteiger partial charge < -0.3 is 0 Å². The van der Waals surface area contributed by atoms with Crippen LogP contribution in [-0.4, -0.2) is 18.2 Å². The van der Waals surface area contributed by atoms with Crippen molar-refractivity contribution in [2.45, 2.75) is 38.0 Å². The monoisotopic (exact) mass is 305 g/mol. The van der Waals surface area contributed by atoms with E-state index in [1.165, 1.54) is 11.1 Å². The Morgan fingerprint density at radius 2 is 1.90 bits per heavy atom. The van der Waals surface area contributed by atoms with Gasteiger partial charge in [-0.15, -0.1) is 0 Å². The second-order valence-corrected chi connectivity index (χ2v) is 7.19. The van der Waals surface area contributed by atoms with E-state index in [-0.39, 0.29) is 4.90 Å². The lowest BCUT2D eigenvalue weighted by Crippen LogP contribution is -2.15. The van der Waals surface area contributed by atoms with Gasteiger partial charge >= 0.3 is 0 Å². The molecule has 1 heterocycles. The number of hydrogen-bond donors (Lipinski definition) is 1. The molecule has 0 fully saturated rings. The lowest BCUT2D eigenvalue weighted by Gasteiger charge is -2.10. The number of hydrogen-bond acceptors (Lipinski definition) is 3. The van der Waals surface area contributed by atoms with E-state index in [0.29, 0.717) is 17.1 Å². The van der Waals surface area contributed by atoms with E-state index in [1.54, 1.807) is 25.6 Å². The molecule has 21 heavy (non-hydrogen) atoms. The number of aryl methyl sites for hydroxylation is 4. The molecule has 1 aliphatic rings. The molecule has 0 radical (unpaired) electrons. The van der Waals surface area contributed by atoms with Gasteiger partial charge in [0, 0.05) is 12.7 Å². The lowest BCUT2D eigenvalue weighted by molar-refractivity contribution is 0.599. The van der Waals surface area contributed by atoms with Gasteiger partial charge in [0.25, 0.3) is 10.0 Å². The van der Waals surface area contributed by atoms with Gasteiger partial charge in [-0.2, -0.15) is 5.10 Å². The minimum absolute atomic E-state index is 0.269. The predicted octanol–water partition coefficient (Wildman–Crippen LogP) is 2.33. The van der Waals surface area contributed by atoms with Crippen molar-refractivity contribution in [3.05, 3.63) is 40.7 Å². The predicted molar refractivity (Wildman–Crippen MR) is 82.0 cm³/mol. The maximum Gasteiger partial charge on any atom is 0.265 e. The maximum atomic E-state index is 12.6. The van der Waals surface area contributed by atoms with Crippen molar-refractivity contribution in [1.82, 2.24) is 9.78 Å². The Morgan fingerprint density at radius 1 is 1.19 bits per heavy atom. The van der Waals surface area contributed by atoms with Crippen molar-refractivity contribution >= 4 is 15.7 Å². The van der Waals surface area contributed by atoms with Gasteiger partial charge in [-0.3, -0.25) is 9.40 Å². The number of sulfonamides is 1. The van der Waals surface area contributed by atoms with E-state index < -0.39 is 10.0 Å². The average molecular weight is 305 g/mol. The third-order valence-corrected chi connectivity index (χ3v) is 5.69. The topological polar surface area (TPSA) is 64.0 Å². The van der Waals surface area contributed by atoms with Crippen LogP contribution >= 0.6 is 0 Å². The molecule has 112 valence electrons. The first-order chi connectivity index (χ1) is 9.88. The van der Waals surface area contributed by atoms with Gasteiger partial charge in [0.05, 0.1) is 11.4 Å². The summed E-state index contributed by atoms with van der Waals surface area (Å²) in [5, 5.41) is 4.17. The number of nitrogens with zero attached hydrogens (tertiary/aromatic N) is 2. The van der Waals surface area contributed by atoms with Crippen molar-refractivity contribution in [2.75, 3.05) is 4.72 Å². The summed E-state index contributed by atoms with van der Waals surface area (Å²) in [6.07, 6.45) is 3.26. The molecule has 0 spiro atoms. The van der Waals surface area contributed by atoms with Crippen molar-refractivity contribution < 1.29 is 8.42 Å². The number of aromatic nitrogens is 2. The van der Waals surface area contributed by atoms with Gasteiger partial charge in [0.1, 0.15) is 4.90 Å². The normalized spacial score (nSPS) is 14.2. The summed E-state index contributed by atoms with van der Waals surface area (Å²) in [6.45, 7) is 3.47. The molecule has 0 unspecified atom stereocenters. The Hall–Kier alpha value is -1.82. The van der Waals surface area contributed by atoms with Crippen molar-refractivity contribution in [1.29, 1.82) is 0 Å². The molecule has 6 heteroatoms. The highest BCUT2D eigenvalue weighted by Gasteiger charge is 2.24. The second kappa shape index (κ2) is 4.87. The number of rotatable bonds is 3. The van der Waals surface area contributed by atoms with Gasteiger partial charge in [0.2, 0.25) is 0 Å². The van der Waals surface area contributed by atoms with Crippen LogP contribution < -0.4 is 4.72 Å². The molecule has 1 N–H and O–H groups in total. The van der Waals surface area contributed by atoms with Crippen LogP contribution in [0.2, 0.25) is 0 Å². The minimum Gasteiger partial charge on any atom is -0.280 e. The minimum atomic E-state index is -3.60. The van der Waals surface area contributed by atoms with E-state index >= 15 is 0 Å². The Labute approximate surface area is 125 Å². The highest BCUT2D eigenvalue weighted by molar-refractivity contribution is 7.92. The third-order valence-electron chi connectivity index (χ3n) is 4.06. The average Bonchev–Trinajstić information content (AvgIpc) is 2.94. The Morgan fingerprint density at radius 3 is 2.57 bits per heavy atom. The van der Waals surface area contributed by atoms with Gasteiger partial charge in [-0.05, 0) is 56.4 Å². The molecule has 1 aliphatic carbocycles. The SMILES string of the molecule is Cc1nn(C)c(C)c1S(=O)(=O)Nc1ccc2c(c1)CCC2. The largest absolute Gasteiger partial charge is 0.280 e. The summed E-state index contributed by atoms with van der Waals surface area (Å²) >= 11 is 0. The zero-order valence-corrected chi connectivity index (χ0v) is 13.3. The standard InChI is InChI=1S/C15H19N3O2S/c1-10-15(11(2)18(3)16-10)21(19,20)17-14-8-7-12-5-4-6-13(12)9-14/h7-9,17H,4-6H2,1-3H3. The first kappa shape index (κ1) is 14.1. The van der Waals surface area contributed by atoms with Crippen LogP contribution in [0, 0.1) is 13.8 Å². The third kappa shape index (κ3) is 2.44. The van der Waals surface area contributed by atoms with Gasteiger partial charge in [-0.25, -0.2) is 8.42 Å². The van der Waals surface area contributed by atoms with Crippen molar-refractivity contribution in [3.63, 3.8) is 0 Å². The molecule has 0 saturated heterocycles. The summed E-state index contributed by atoms with van der Waals surface area (Å²) in [5.41, 5.74) is 4.35. The molecule has 1 aromatic heterocycles. The van der Waals surface area contributed by atoms with E-state index in [4.69, 9.17) is 0 Å². The first-order valence-electron chi connectivity index (χ1n) is 7.03. The van der Waals surface area contributed by atoms with Gasteiger partial charge in [0.15, 0.2) is 0 Å². The maximum absolute atomic E-state index is 12.6. The summed E-state index contributed by atoms with van der Waals surface area (Å²) in [4.78, 5) is 0.269. The number of benzene rings is 1. The smallest absolute Gasteiger partial charge is 0.265 e. The Bertz CT molecular complexity index is 807.